The lowest BCUT2D eigenvalue weighted by Crippen LogP contribution is -2.14. The second-order valence-corrected chi connectivity index (χ2v) is 6.01. The van der Waals surface area contributed by atoms with Gasteiger partial charge in [-0.15, -0.1) is 0 Å². The lowest BCUT2D eigenvalue weighted by Gasteiger charge is -2.02. The fourth-order valence-electron chi connectivity index (χ4n) is 2.65. The van der Waals surface area contributed by atoms with Gasteiger partial charge in [0.15, 0.2) is 5.76 Å². The normalized spacial score (nSPS) is 14.9. The molecule has 5 heteroatoms. The molecule has 3 aromatic rings. The second kappa shape index (κ2) is 5.20. The smallest absolute Gasteiger partial charge is 0.156 e. The van der Waals surface area contributed by atoms with Gasteiger partial charge in [-0.3, -0.25) is 0 Å². The van der Waals surface area contributed by atoms with E-state index in [9.17, 15) is 0 Å². The number of hydrogen-bond acceptors (Lipinski definition) is 3. The van der Waals surface area contributed by atoms with Crippen molar-refractivity contribution in [3.8, 4) is 0 Å². The summed E-state index contributed by atoms with van der Waals surface area (Å²) in [4.78, 5) is 0. The Hall–Kier alpha value is -1.78. The number of nitrogens with one attached hydrogen (secondary N) is 1. The third-order valence-electron chi connectivity index (χ3n) is 3.90. The zero-order valence-electron chi connectivity index (χ0n) is 11.6. The Kier molecular flexibility index (Phi) is 3.20. The van der Waals surface area contributed by atoms with Crippen LogP contribution in [0.5, 0.6) is 0 Å². The van der Waals surface area contributed by atoms with E-state index in [1.807, 2.05) is 18.2 Å². The van der Waals surface area contributed by atoms with Gasteiger partial charge in [0.05, 0.1) is 18.3 Å². The van der Waals surface area contributed by atoms with Crippen LogP contribution in [-0.2, 0) is 13.1 Å². The summed E-state index contributed by atoms with van der Waals surface area (Å²) in [6.45, 7) is 1.56. The molecular formula is C16H16ClN3O. The van der Waals surface area contributed by atoms with Crippen molar-refractivity contribution >= 4 is 22.5 Å². The molecule has 0 aliphatic heterocycles. The molecule has 0 atom stereocenters. The first-order valence-corrected chi connectivity index (χ1v) is 7.57. The molecule has 1 aliphatic rings. The molecule has 2 heterocycles. The molecule has 4 rings (SSSR count). The molecule has 0 saturated heterocycles. The molecule has 1 saturated carbocycles. The molecule has 0 bridgehead atoms. The molecule has 2 aromatic heterocycles. The van der Waals surface area contributed by atoms with E-state index in [1.54, 1.807) is 6.20 Å². The Morgan fingerprint density at radius 1 is 1.33 bits per heavy atom. The van der Waals surface area contributed by atoms with Crippen LogP contribution in [0.4, 0.5) is 0 Å². The number of nitrogens with zero attached hydrogens (tertiary/aromatic N) is 2. The van der Waals surface area contributed by atoms with Crippen LogP contribution in [0, 0.1) is 0 Å². The number of aromatic nitrogens is 2. The minimum Gasteiger partial charge on any atom is -0.359 e. The highest BCUT2D eigenvalue weighted by atomic mass is 35.5. The zero-order valence-corrected chi connectivity index (χ0v) is 12.3. The van der Waals surface area contributed by atoms with Crippen molar-refractivity contribution in [1.29, 1.82) is 0 Å². The highest BCUT2D eigenvalue weighted by molar-refractivity contribution is 6.31. The van der Waals surface area contributed by atoms with Crippen molar-refractivity contribution in [3.63, 3.8) is 0 Å². The van der Waals surface area contributed by atoms with Crippen molar-refractivity contribution in [1.82, 2.24) is 15.0 Å². The molecule has 0 radical (unpaired) electrons. The Labute approximate surface area is 127 Å². The summed E-state index contributed by atoms with van der Waals surface area (Å²) in [5.41, 5.74) is 2.43. The highest BCUT2D eigenvalue weighted by Crippen LogP contribution is 2.27. The Bertz CT molecular complexity index is 759. The van der Waals surface area contributed by atoms with Gasteiger partial charge in [-0.25, -0.2) is 0 Å². The summed E-state index contributed by atoms with van der Waals surface area (Å²) in [7, 11) is 0. The maximum Gasteiger partial charge on any atom is 0.156 e. The number of benzene rings is 1. The lowest BCUT2D eigenvalue weighted by atomic mass is 10.2. The van der Waals surface area contributed by atoms with Crippen LogP contribution in [0.15, 0.2) is 41.2 Å². The average Bonchev–Trinajstić information content (AvgIpc) is 3.06. The summed E-state index contributed by atoms with van der Waals surface area (Å²) in [5.74, 6) is 0.841. The van der Waals surface area contributed by atoms with Crippen LogP contribution < -0.4 is 5.32 Å². The molecule has 21 heavy (non-hydrogen) atoms. The molecule has 4 nitrogen and oxygen atoms in total. The topological polar surface area (TPSA) is 43.0 Å². The minimum absolute atomic E-state index is 0.667. The maximum atomic E-state index is 6.15. The van der Waals surface area contributed by atoms with Crippen molar-refractivity contribution in [2.24, 2.45) is 0 Å². The molecule has 0 amide bonds. The fourth-order valence-corrected chi connectivity index (χ4v) is 2.81. The van der Waals surface area contributed by atoms with Gasteiger partial charge in [0, 0.05) is 35.3 Å². The highest BCUT2D eigenvalue weighted by Gasteiger charge is 2.21. The van der Waals surface area contributed by atoms with Gasteiger partial charge >= 0.3 is 0 Å². The van der Waals surface area contributed by atoms with Crippen LogP contribution in [0.1, 0.15) is 24.2 Å². The van der Waals surface area contributed by atoms with Gasteiger partial charge in [0.2, 0.25) is 0 Å². The van der Waals surface area contributed by atoms with Crippen molar-refractivity contribution in [2.45, 2.75) is 32.0 Å². The Morgan fingerprint density at radius 3 is 3.00 bits per heavy atom. The van der Waals surface area contributed by atoms with Gasteiger partial charge < -0.3 is 14.4 Å². The first-order valence-electron chi connectivity index (χ1n) is 7.20. The van der Waals surface area contributed by atoms with Crippen molar-refractivity contribution in [2.75, 3.05) is 0 Å². The monoisotopic (exact) mass is 301 g/mol. The van der Waals surface area contributed by atoms with E-state index >= 15 is 0 Å². The van der Waals surface area contributed by atoms with Gasteiger partial charge in [0.25, 0.3) is 0 Å². The fraction of sp³-hybridized carbons (Fsp3) is 0.312. The number of hydrogen-bond donors (Lipinski definition) is 1. The van der Waals surface area contributed by atoms with Crippen LogP contribution in [-0.4, -0.2) is 15.8 Å². The third kappa shape index (κ3) is 2.69. The first kappa shape index (κ1) is 12.9. The van der Waals surface area contributed by atoms with E-state index in [0.717, 1.165) is 22.8 Å². The summed E-state index contributed by atoms with van der Waals surface area (Å²) in [6, 6.07) is 8.64. The van der Waals surface area contributed by atoms with Gasteiger partial charge in [0.1, 0.15) is 0 Å². The van der Waals surface area contributed by atoms with Crippen LogP contribution in [0.2, 0.25) is 5.02 Å². The molecule has 108 valence electrons. The van der Waals surface area contributed by atoms with Crippen molar-refractivity contribution in [3.05, 3.63) is 53.0 Å². The predicted octanol–water partition coefficient (Wildman–Crippen LogP) is 3.58. The molecule has 1 fully saturated rings. The summed E-state index contributed by atoms with van der Waals surface area (Å²) < 4.78 is 7.39. The quantitative estimate of drug-likeness (QED) is 0.783. The average molecular weight is 302 g/mol. The molecule has 0 spiro atoms. The van der Waals surface area contributed by atoms with Crippen LogP contribution >= 0.6 is 11.6 Å². The zero-order chi connectivity index (χ0) is 14.2. The Morgan fingerprint density at radius 2 is 2.24 bits per heavy atom. The van der Waals surface area contributed by atoms with Gasteiger partial charge in [-0.05, 0) is 30.5 Å². The Balaban J connectivity index is 1.71. The number of fused-ring (bicyclic) bond motifs is 1. The van der Waals surface area contributed by atoms with E-state index in [0.29, 0.717) is 12.6 Å². The number of rotatable bonds is 5. The summed E-state index contributed by atoms with van der Waals surface area (Å²) >= 11 is 6.15. The first-order chi connectivity index (χ1) is 10.3. The largest absolute Gasteiger partial charge is 0.359 e. The number of halogens is 1. The second-order valence-electron chi connectivity index (χ2n) is 5.58. The molecule has 1 N–H and O–H groups in total. The van der Waals surface area contributed by atoms with E-state index in [1.165, 1.54) is 23.8 Å². The van der Waals surface area contributed by atoms with Crippen LogP contribution in [0.25, 0.3) is 10.9 Å². The summed E-state index contributed by atoms with van der Waals surface area (Å²) in [5, 5.41) is 9.33. The SMILES string of the molecule is Clc1ccc2c(CNC3CC3)cn(Cc3ccno3)c2c1. The standard InChI is InChI=1S/C16H16ClN3O/c17-12-1-4-15-11(8-18-13-2-3-13)9-20(16(15)7-12)10-14-5-6-19-21-14/h1,4-7,9,13,18H,2-3,8,10H2. The van der Waals surface area contributed by atoms with E-state index in [-0.39, 0.29) is 0 Å². The van der Waals surface area contributed by atoms with E-state index in [4.69, 9.17) is 16.1 Å². The molecule has 1 aromatic carbocycles. The molecule has 1 aliphatic carbocycles. The third-order valence-corrected chi connectivity index (χ3v) is 4.14. The predicted molar refractivity (Wildman–Crippen MR) is 82.4 cm³/mol. The van der Waals surface area contributed by atoms with Crippen molar-refractivity contribution < 1.29 is 4.52 Å². The summed E-state index contributed by atoms with van der Waals surface area (Å²) in [6.07, 6.45) is 6.44. The van der Waals surface area contributed by atoms with E-state index in [2.05, 4.69) is 27.3 Å². The molecular weight excluding hydrogens is 286 g/mol. The maximum absolute atomic E-state index is 6.15. The van der Waals surface area contributed by atoms with Gasteiger partial charge in [-0.2, -0.15) is 0 Å². The van der Waals surface area contributed by atoms with Gasteiger partial charge in [-0.1, -0.05) is 22.8 Å². The lowest BCUT2D eigenvalue weighted by molar-refractivity contribution is 0.377. The van der Waals surface area contributed by atoms with E-state index < -0.39 is 0 Å². The minimum atomic E-state index is 0.667. The molecule has 0 unspecified atom stereocenters. The van der Waals surface area contributed by atoms with Crippen LogP contribution in [0.3, 0.4) is 0 Å².